The summed E-state index contributed by atoms with van der Waals surface area (Å²) in [5, 5.41) is 0. The molecule has 2 heteroatoms. The van der Waals surface area contributed by atoms with E-state index in [0.29, 0.717) is 12.5 Å². The summed E-state index contributed by atoms with van der Waals surface area (Å²) in [5.74, 6) is 1.29. The number of hydrogen-bond donors (Lipinski definition) is 1. The Balaban J connectivity index is 2.40. The van der Waals surface area contributed by atoms with Crippen molar-refractivity contribution >= 4 is 0 Å². The minimum atomic E-state index is 0.351. The number of ether oxygens (including phenoxy) is 1. The largest absolute Gasteiger partial charge is 0.496 e. The molecule has 2 rings (SSSR count). The number of aryl methyl sites for hydroxylation is 2. The number of hydrogen-bond acceptors (Lipinski definition) is 2. The van der Waals surface area contributed by atoms with Crippen LogP contribution in [0.5, 0.6) is 5.75 Å². The van der Waals surface area contributed by atoms with E-state index in [1.807, 2.05) is 6.07 Å². The first kappa shape index (κ1) is 14.6. The van der Waals surface area contributed by atoms with E-state index in [4.69, 9.17) is 10.5 Å². The van der Waals surface area contributed by atoms with Crippen LogP contribution < -0.4 is 10.5 Å². The van der Waals surface area contributed by atoms with Gasteiger partial charge in [0, 0.05) is 5.92 Å². The molecule has 0 heterocycles. The molecular weight excluding hydrogens is 246 g/mol. The maximum atomic E-state index is 5.81. The topological polar surface area (TPSA) is 35.2 Å². The maximum Gasteiger partial charge on any atom is 0.121 e. The molecule has 0 aliphatic rings. The molecule has 2 aromatic rings. The summed E-state index contributed by atoms with van der Waals surface area (Å²) in [5.41, 5.74) is 10.9. The van der Waals surface area contributed by atoms with Crippen molar-refractivity contribution in [1.29, 1.82) is 0 Å². The Bertz CT molecular complexity index is 577. The van der Waals surface area contributed by atoms with Gasteiger partial charge in [0.1, 0.15) is 5.75 Å². The van der Waals surface area contributed by atoms with Gasteiger partial charge in [-0.1, -0.05) is 42.0 Å². The third-order valence-electron chi connectivity index (χ3n) is 3.72. The standard InChI is InChI=1S/C18H23NO/c1-13-5-4-6-15(11-13)17(9-10-19)16-7-8-18(20-3)14(2)12-16/h4-8,11-12,17H,9-10,19H2,1-3H3. The fraction of sp³-hybridized carbons (Fsp3) is 0.333. The lowest BCUT2D eigenvalue weighted by Crippen LogP contribution is -2.09. The van der Waals surface area contributed by atoms with Crippen molar-refractivity contribution in [3.05, 3.63) is 64.7 Å². The van der Waals surface area contributed by atoms with Crippen LogP contribution in [-0.4, -0.2) is 13.7 Å². The van der Waals surface area contributed by atoms with E-state index in [1.165, 1.54) is 22.3 Å². The number of benzene rings is 2. The van der Waals surface area contributed by atoms with E-state index in [0.717, 1.165) is 12.2 Å². The third-order valence-corrected chi connectivity index (χ3v) is 3.72. The Morgan fingerprint density at radius 3 is 2.40 bits per heavy atom. The zero-order valence-corrected chi connectivity index (χ0v) is 12.5. The predicted molar refractivity (Wildman–Crippen MR) is 84.4 cm³/mol. The van der Waals surface area contributed by atoms with Crippen molar-refractivity contribution in [2.24, 2.45) is 5.73 Å². The second-order valence-electron chi connectivity index (χ2n) is 5.27. The fourth-order valence-corrected chi connectivity index (χ4v) is 2.70. The highest BCUT2D eigenvalue weighted by Crippen LogP contribution is 2.31. The van der Waals surface area contributed by atoms with Crippen LogP contribution in [0.15, 0.2) is 42.5 Å². The first-order valence-corrected chi connectivity index (χ1v) is 7.07. The van der Waals surface area contributed by atoms with Crippen molar-refractivity contribution < 1.29 is 4.74 Å². The van der Waals surface area contributed by atoms with Gasteiger partial charge in [-0.05, 0) is 49.6 Å². The Morgan fingerprint density at radius 2 is 1.80 bits per heavy atom. The van der Waals surface area contributed by atoms with Gasteiger partial charge in [-0.3, -0.25) is 0 Å². The molecular formula is C18H23NO. The Hall–Kier alpha value is -1.80. The average Bonchev–Trinajstić information content (AvgIpc) is 2.44. The second-order valence-corrected chi connectivity index (χ2v) is 5.27. The minimum Gasteiger partial charge on any atom is -0.496 e. The van der Waals surface area contributed by atoms with E-state index in [1.54, 1.807) is 7.11 Å². The highest BCUT2D eigenvalue weighted by Gasteiger charge is 2.14. The van der Waals surface area contributed by atoms with E-state index in [2.05, 4.69) is 50.2 Å². The van der Waals surface area contributed by atoms with Gasteiger partial charge in [0.05, 0.1) is 7.11 Å². The molecule has 0 saturated heterocycles. The van der Waals surface area contributed by atoms with Crippen LogP contribution in [0.2, 0.25) is 0 Å². The summed E-state index contributed by atoms with van der Waals surface area (Å²) in [6, 6.07) is 15.1. The lowest BCUT2D eigenvalue weighted by molar-refractivity contribution is 0.411. The van der Waals surface area contributed by atoms with E-state index in [9.17, 15) is 0 Å². The molecule has 0 saturated carbocycles. The molecule has 0 aromatic heterocycles. The minimum absolute atomic E-state index is 0.351. The molecule has 2 nitrogen and oxygen atoms in total. The molecule has 0 radical (unpaired) electrons. The molecule has 106 valence electrons. The molecule has 0 aliphatic heterocycles. The second kappa shape index (κ2) is 6.58. The zero-order valence-electron chi connectivity index (χ0n) is 12.5. The van der Waals surface area contributed by atoms with Gasteiger partial charge in [0.15, 0.2) is 0 Å². The third kappa shape index (κ3) is 3.20. The van der Waals surface area contributed by atoms with Crippen LogP contribution in [0.1, 0.15) is 34.6 Å². The Kier molecular flexibility index (Phi) is 4.80. The first-order valence-electron chi connectivity index (χ1n) is 7.07. The molecule has 1 atom stereocenters. The number of nitrogens with two attached hydrogens (primary N) is 1. The SMILES string of the molecule is COc1ccc(C(CCN)c2cccc(C)c2)cc1C. The summed E-state index contributed by atoms with van der Waals surface area (Å²) in [7, 11) is 1.71. The number of methoxy groups -OCH3 is 1. The van der Waals surface area contributed by atoms with Crippen molar-refractivity contribution in [3.63, 3.8) is 0 Å². The van der Waals surface area contributed by atoms with Crippen LogP contribution in [0, 0.1) is 13.8 Å². The van der Waals surface area contributed by atoms with E-state index < -0.39 is 0 Å². The van der Waals surface area contributed by atoms with Gasteiger partial charge >= 0.3 is 0 Å². The highest BCUT2D eigenvalue weighted by molar-refractivity contribution is 5.41. The van der Waals surface area contributed by atoms with Crippen LogP contribution in [0.25, 0.3) is 0 Å². The number of rotatable bonds is 5. The van der Waals surface area contributed by atoms with Crippen molar-refractivity contribution in [2.45, 2.75) is 26.2 Å². The van der Waals surface area contributed by atoms with E-state index >= 15 is 0 Å². The normalized spacial score (nSPS) is 12.2. The molecule has 2 N–H and O–H groups in total. The monoisotopic (exact) mass is 269 g/mol. The summed E-state index contributed by atoms with van der Waals surface area (Å²) < 4.78 is 5.34. The molecule has 1 unspecified atom stereocenters. The molecule has 0 aliphatic carbocycles. The van der Waals surface area contributed by atoms with Gasteiger partial charge in [0.25, 0.3) is 0 Å². The van der Waals surface area contributed by atoms with Gasteiger partial charge < -0.3 is 10.5 Å². The molecule has 20 heavy (non-hydrogen) atoms. The lowest BCUT2D eigenvalue weighted by Gasteiger charge is -2.19. The van der Waals surface area contributed by atoms with Crippen molar-refractivity contribution in [2.75, 3.05) is 13.7 Å². The van der Waals surface area contributed by atoms with Crippen LogP contribution in [0.4, 0.5) is 0 Å². The quantitative estimate of drug-likeness (QED) is 0.896. The van der Waals surface area contributed by atoms with E-state index in [-0.39, 0.29) is 0 Å². The Labute approximate surface area is 121 Å². The van der Waals surface area contributed by atoms with Gasteiger partial charge in [-0.2, -0.15) is 0 Å². The Morgan fingerprint density at radius 1 is 1.05 bits per heavy atom. The summed E-state index contributed by atoms with van der Waals surface area (Å²) in [6.45, 7) is 4.89. The molecule has 0 fully saturated rings. The van der Waals surface area contributed by atoms with Crippen LogP contribution >= 0.6 is 0 Å². The highest BCUT2D eigenvalue weighted by atomic mass is 16.5. The predicted octanol–water partition coefficient (Wildman–Crippen LogP) is 3.79. The van der Waals surface area contributed by atoms with Crippen molar-refractivity contribution in [3.8, 4) is 5.75 Å². The zero-order chi connectivity index (χ0) is 14.5. The van der Waals surface area contributed by atoms with Crippen molar-refractivity contribution in [1.82, 2.24) is 0 Å². The summed E-state index contributed by atoms with van der Waals surface area (Å²) >= 11 is 0. The summed E-state index contributed by atoms with van der Waals surface area (Å²) in [6.07, 6.45) is 0.954. The maximum absolute atomic E-state index is 5.81. The van der Waals surface area contributed by atoms with Gasteiger partial charge in [-0.25, -0.2) is 0 Å². The first-order chi connectivity index (χ1) is 9.65. The molecule has 0 bridgehead atoms. The molecule has 0 spiro atoms. The van der Waals surface area contributed by atoms with Crippen LogP contribution in [-0.2, 0) is 0 Å². The van der Waals surface area contributed by atoms with Crippen LogP contribution in [0.3, 0.4) is 0 Å². The summed E-state index contributed by atoms with van der Waals surface area (Å²) in [4.78, 5) is 0. The molecule has 0 amide bonds. The smallest absolute Gasteiger partial charge is 0.121 e. The molecule has 2 aromatic carbocycles. The van der Waals surface area contributed by atoms with Gasteiger partial charge in [-0.15, -0.1) is 0 Å². The lowest BCUT2D eigenvalue weighted by atomic mass is 9.87. The fourth-order valence-electron chi connectivity index (χ4n) is 2.70. The average molecular weight is 269 g/mol. The van der Waals surface area contributed by atoms with Gasteiger partial charge in [0.2, 0.25) is 0 Å².